The minimum atomic E-state index is -4.54. The molecule has 2 heterocycles. The molecule has 0 saturated carbocycles. The fourth-order valence-corrected chi connectivity index (χ4v) is 2.54. The minimum Gasteiger partial charge on any atom is -0.396 e. The summed E-state index contributed by atoms with van der Waals surface area (Å²) in [5.74, 6) is 0.0436. The third kappa shape index (κ3) is 3.27. The van der Waals surface area contributed by atoms with Gasteiger partial charge in [0.05, 0.1) is 5.56 Å². The Morgan fingerprint density at radius 2 is 2.14 bits per heavy atom. The molecular weight excluding hydrogens is 283 g/mol. The first-order chi connectivity index (χ1) is 9.86. The van der Waals surface area contributed by atoms with Gasteiger partial charge in [0.1, 0.15) is 17.6 Å². The monoisotopic (exact) mass is 299 g/mol. The Morgan fingerprint density at radius 1 is 1.43 bits per heavy atom. The van der Waals surface area contributed by atoms with Gasteiger partial charge >= 0.3 is 6.18 Å². The second kappa shape index (κ2) is 5.90. The van der Waals surface area contributed by atoms with E-state index in [4.69, 9.17) is 5.26 Å². The number of alkyl halides is 3. The van der Waals surface area contributed by atoms with Crippen molar-refractivity contribution in [2.75, 3.05) is 18.1 Å². The number of nitrogens with zero attached hydrogens (tertiary/aromatic N) is 3. The molecule has 1 aliphatic heterocycles. The van der Waals surface area contributed by atoms with Crippen molar-refractivity contribution in [2.45, 2.75) is 32.0 Å². The standard InChI is InChI=1S/C14H16F3N3O/c1-9-2-3-10(8-21)7-20(9)13-11(6-18)4-5-12(19-13)14(15,16)17/h4-5,9-10,21H,2-3,7-8H2,1H3/t9-,10+/m0/s1. The van der Waals surface area contributed by atoms with E-state index in [0.29, 0.717) is 6.54 Å². The van der Waals surface area contributed by atoms with E-state index in [9.17, 15) is 18.3 Å². The van der Waals surface area contributed by atoms with Gasteiger partial charge in [0.15, 0.2) is 0 Å². The molecule has 0 amide bonds. The number of anilines is 1. The molecule has 2 atom stereocenters. The fraction of sp³-hybridized carbons (Fsp3) is 0.571. The molecule has 0 bridgehead atoms. The smallest absolute Gasteiger partial charge is 0.396 e. The molecule has 114 valence electrons. The normalized spacial score (nSPS) is 23.0. The average molecular weight is 299 g/mol. The molecule has 1 N–H and O–H groups in total. The van der Waals surface area contributed by atoms with Crippen LogP contribution >= 0.6 is 0 Å². The Balaban J connectivity index is 2.43. The summed E-state index contributed by atoms with van der Waals surface area (Å²) in [6.07, 6.45) is -2.98. The van der Waals surface area contributed by atoms with Crippen LogP contribution in [0.2, 0.25) is 0 Å². The number of hydrogen-bond acceptors (Lipinski definition) is 4. The Labute approximate surface area is 120 Å². The SMILES string of the molecule is C[C@H]1CC[C@@H](CO)CN1c1nc(C(F)(F)F)ccc1C#N. The lowest BCUT2D eigenvalue weighted by atomic mass is 9.93. The van der Waals surface area contributed by atoms with Crippen LogP contribution in [0.5, 0.6) is 0 Å². The highest BCUT2D eigenvalue weighted by molar-refractivity contribution is 5.55. The lowest BCUT2D eigenvalue weighted by molar-refractivity contribution is -0.141. The maximum absolute atomic E-state index is 12.8. The summed E-state index contributed by atoms with van der Waals surface area (Å²) in [7, 11) is 0. The predicted octanol–water partition coefficient (Wildman–Crippen LogP) is 2.57. The van der Waals surface area contributed by atoms with Crippen molar-refractivity contribution in [3.63, 3.8) is 0 Å². The summed E-state index contributed by atoms with van der Waals surface area (Å²) >= 11 is 0. The zero-order valence-electron chi connectivity index (χ0n) is 11.6. The molecule has 21 heavy (non-hydrogen) atoms. The van der Waals surface area contributed by atoms with Gasteiger partial charge in [-0.15, -0.1) is 0 Å². The molecule has 1 aromatic rings. The van der Waals surface area contributed by atoms with E-state index in [-0.39, 0.29) is 29.9 Å². The molecule has 1 aliphatic rings. The van der Waals surface area contributed by atoms with Crippen LogP contribution in [-0.2, 0) is 6.18 Å². The summed E-state index contributed by atoms with van der Waals surface area (Å²) in [5.41, 5.74) is -0.886. The Hall–Kier alpha value is -1.81. The Bertz CT molecular complexity index is 553. The molecular formula is C14H16F3N3O. The number of pyridine rings is 1. The number of hydrogen-bond donors (Lipinski definition) is 1. The lowest BCUT2D eigenvalue weighted by Gasteiger charge is -2.38. The van der Waals surface area contributed by atoms with Crippen molar-refractivity contribution in [1.82, 2.24) is 4.98 Å². The van der Waals surface area contributed by atoms with Gasteiger partial charge in [0, 0.05) is 19.2 Å². The van der Waals surface area contributed by atoms with Crippen LogP contribution < -0.4 is 4.90 Å². The average Bonchev–Trinajstić information content (AvgIpc) is 2.46. The third-order valence-electron chi connectivity index (χ3n) is 3.80. The van der Waals surface area contributed by atoms with Crippen LogP contribution in [0.15, 0.2) is 12.1 Å². The van der Waals surface area contributed by atoms with Crippen molar-refractivity contribution >= 4 is 5.82 Å². The summed E-state index contributed by atoms with van der Waals surface area (Å²) in [6.45, 7) is 2.27. The summed E-state index contributed by atoms with van der Waals surface area (Å²) in [4.78, 5) is 5.35. The van der Waals surface area contributed by atoms with Gasteiger partial charge in [-0.2, -0.15) is 18.4 Å². The number of piperidine rings is 1. The molecule has 2 rings (SSSR count). The van der Waals surface area contributed by atoms with E-state index in [1.165, 1.54) is 0 Å². The van der Waals surface area contributed by atoms with E-state index in [1.54, 1.807) is 4.90 Å². The van der Waals surface area contributed by atoms with Gasteiger partial charge in [0.2, 0.25) is 0 Å². The summed E-state index contributed by atoms with van der Waals surface area (Å²) in [6, 6.07) is 3.85. The highest BCUT2D eigenvalue weighted by Crippen LogP contribution is 2.33. The molecule has 0 aliphatic carbocycles. The van der Waals surface area contributed by atoms with Crippen LogP contribution in [0, 0.1) is 17.2 Å². The van der Waals surface area contributed by atoms with Crippen molar-refractivity contribution in [1.29, 1.82) is 5.26 Å². The molecule has 0 unspecified atom stereocenters. The van der Waals surface area contributed by atoms with Gasteiger partial charge < -0.3 is 10.0 Å². The quantitative estimate of drug-likeness (QED) is 0.912. The predicted molar refractivity (Wildman–Crippen MR) is 70.6 cm³/mol. The van der Waals surface area contributed by atoms with Gasteiger partial charge in [-0.3, -0.25) is 0 Å². The molecule has 0 aromatic carbocycles. The van der Waals surface area contributed by atoms with Crippen LogP contribution in [0.1, 0.15) is 31.0 Å². The van der Waals surface area contributed by atoms with Gasteiger partial charge in [-0.1, -0.05) is 0 Å². The van der Waals surface area contributed by atoms with E-state index >= 15 is 0 Å². The maximum Gasteiger partial charge on any atom is 0.433 e. The lowest BCUT2D eigenvalue weighted by Crippen LogP contribution is -2.44. The number of halogens is 3. The van der Waals surface area contributed by atoms with Gasteiger partial charge in [-0.25, -0.2) is 4.98 Å². The molecule has 0 radical (unpaired) electrons. The molecule has 1 fully saturated rings. The first-order valence-corrected chi connectivity index (χ1v) is 6.72. The highest BCUT2D eigenvalue weighted by atomic mass is 19.4. The highest BCUT2D eigenvalue weighted by Gasteiger charge is 2.35. The Morgan fingerprint density at radius 3 is 2.71 bits per heavy atom. The zero-order chi connectivity index (χ0) is 15.6. The Kier molecular flexibility index (Phi) is 4.37. The van der Waals surface area contributed by atoms with Crippen LogP contribution in [-0.4, -0.2) is 29.3 Å². The van der Waals surface area contributed by atoms with Gasteiger partial charge in [0.25, 0.3) is 0 Å². The molecule has 0 spiro atoms. The number of aromatic nitrogens is 1. The molecule has 7 heteroatoms. The first-order valence-electron chi connectivity index (χ1n) is 6.72. The van der Waals surface area contributed by atoms with Crippen LogP contribution in [0.3, 0.4) is 0 Å². The van der Waals surface area contributed by atoms with E-state index in [0.717, 1.165) is 25.0 Å². The topological polar surface area (TPSA) is 60.1 Å². The zero-order valence-corrected chi connectivity index (χ0v) is 11.6. The third-order valence-corrected chi connectivity index (χ3v) is 3.80. The maximum atomic E-state index is 12.8. The molecule has 1 aromatic heterocycles. The van der Waals surface area contributed by atoms with Crippen LogP contribution in [0.25, 0.3) is 0 Å². The van der Waals surface area contributed by atoms with Crippen LogP contribution in [0.4, 0.5) is 19.0 Å². The number of aliphatic hydroxyl groups excluding tert-OH is 1. The second-order valence-electron chi connectivity index (χ2n) is 5.30. The largest absolute Gasteiger partial charge is 0.433 e. The summed E-state index contributed by atoms with van der Waals surface area (Å²) < 4.78 is 38.4. The number of nitriles is 1. The van der Waals surface area contributed by atoms with Crippen molar-refractivity contribution in [3.8, 4) is 6.07 Å². The van der Waals surface area contributed by atoms with Gasteiger partial charge in [-0.05, 0) is 37.8 Å². The molecule has 4 nitrogen and oxygen atoms in total. The second-order valence-corrected chi connectivity index (χ2v) is 5.30. The van der Waals surface area contributed by atoms with Crippen molar-refractivity contribution < 1.29 is 18.3 Å². The van der Waals surface area contributed by atoms with E-state index in [2.05, 4.69) is 4.98 Å². The van der Waals surface area contributed by atoms with E-state index in [1.807, 2.05) is 13.0 Å². The number of aliphatic hydroxyl groups is 1. The first kappa shape index (κ1) is 15.6. The summed E-state index contributed by atoms with van der Waals surface area (Å²) in [5, 5.41) is 18.4. The molecule has 1 saturated heterocycles. The fourth-order valence-electron chi connectivity index (χ4n) is 2.54. The van der Waals surface area contributed by atoms with Crippen molar-refractivity contribution in [3.05, 3.63) is 23.4 Å². The van der Waals surface area contributed by atoms with E-state index < -0.39 is 11.9 Å². The van der Waals surface area contributed by atoms with Crippen molar-refractivity contribution in [2.24, 2.45) is 5.92 Å². The minimum absolute atomic E-state index is 0.0101. The number of rotatable bonds is 2.